The van der Waals surface area contributed by atoms with Crippen LogP contribution >= 0.6 is 0 Å². The summed E-state index contributed by atoms with van der Waals surface area (Å²) in [5.74, 6) is 1.17. The Morgan fingerprint density at radius 3 is 2.68 bits per heavy atom. The first-order chi connectivity index (χ1) is 9.02. The molecule has 5 heteroatoms. The highest BCUT2D eigenvalue weighted by atomic mass is 16.7. The third kappa shape index (κ3) is 5.61. The van der Waals surface area contributed by atoms with Gasteiger partial charge in [0.1, 0.15) is 0 Å². The van der Waals surface area contributed by atoms with Crippen LogP contribution < -0.4 is 15.0 Å². The number of nitrogens with one attached hydrogen (secondary N) is 1. The van der Waals surface area contributed by atoms with E-state index in [1.54, 1.807) is 13.2 Å². The zero-order chi connectivity index (χ0) is 14.3. The summed E-state index contributed by atoms with van der Waals surface area (Å²) < 4.78 is 10.6. The Morgan fingerprint density at radius 2 is 2.05 bits per heavy atom. The Balaban J connectivity index is 2.41. The summed E-state index contributed by atoms with van der Waals surface area (Å²) in [6.07, 6.45) is 0. The number of carbonyl (C=O) groups excluding carboxylic acids is 1. The smallest absolute Gasteiger partial charge is 0.281 e. The second-order valence-corrected chi connectivity index (χ2v) is 4.67. The second-order valence-electron chi connectivity index (χ2n) is 4.67. The standard InChI is InChI=1S/C14H21NO4/c1-10(2)8-19-15-14(16)9-18-12-6-5-11(3)7-13(12)17-4/h5-7,10H,8-9H2,1-4H3,(H,15,16). The lowest BCUT2D eigenvalue weighted by molar-refractivity contribution is -0.136. The summed E-state index contributed by atoms with van der Waals surface area (Å²) in [5, 5.41) is 0. The van der Waals surface area contributed by atoms with Crippen LogP contribution in [0.15, 0.2) is 18.2 Å². The molecule has 0 spiro atoms. The van der Waals surface area contributed by atoms with E-state index in [0.29, 0.717) is 24.0 Å². The molecule has 19 heavy (non-hydrogen) atoms. The first-order valence-electron chi connectivity index (χ1n) is 6.21. The first kappa shape index (κ1) is 15.3. The zero-order valence-electron chi connectivity index (χ0n) is 11.9. The fourth-order valence-electron chi connectivity index (χ4n) is 1.36. The van der Waals surface area contributed by atoms with Gasteiger partial charge in [-0.2, -0.15) is 0 Å². The maximum atomic E-state index is 11.5. The number of hydrogen-bond donors (Lipinski definition) is 1. The topological polar surface area (TPSA) is 56.8 Å². The number of hydrogen-bond acceptors (Lipinski definition) is 4. The molecule has 1 aromatic rings. The van der Waals surface area contributed by atoms with E-state index in [9.17, 15) is 4.79 Å². The number of hydroxylamine groups is 1. The molecule has 1 N–H and O–H groups in total. The quantitative estimate of drug-likeness (QED) is 0.768. The van der Waals surface area contributed by atoms with Crippen molar-refractivity contribution >= 4 is 5.91 Å². The summed E-state index contributed by atoms with van der Waals surface area (Å²) in [6, 6.07) is 5.52. The van der Waals surface area contributed by atoms with E-state index in [2.05, 4.69) is 5.48 Å². The molecule has 5 nitrogen and oxygen atoms in total. The van der Waals surface area contributed by atoms with E-state index in [4.69, 9.17) is 14.3 Å². The molecule has 0 saturated carbocycles. The van der Waals surface area contributed by atoms with Crippen molar-refractivity contribution in [2.24, 2.45) is 5.92 Å². The van der Waals surface area contributed by atoms with Crippen LogP contribution in [0.1, 0.15) is 19.4 Å². The average Bonchev–Trinajstić information content (AvgIpc) is 2.36. The molecule has 0 heterocycles. The highest BCUT2D eigenvalue weighted by Crippen LogP contribution is 2.27. The van der Waals surface area contributed by atoms with Gasteiger partial charge < -0.3 is 9.47 Å². The highest BCUT2D eigenvalue weighted by Gasteiger charge is 2.08. The number of rotatable bonds is 7. The van der Waals surface area contributed by atoms with E-state index in [0.717, 1.165) is 5.56 Å². The molecule has 1 amide bonds. The Kier molecular flexibility index (Phi) is 6.15. The van der Waals surface area contributed by atoms with E-state index in [1.165, 1.54) is 0 Å². The fourth-order valence-corrected chi connectivity index (χ4v) is 1.36. The molecule has 0 aliphatic heterocycles. The maximum Gasteiger partial charge on any atom is 0.281 e. The molecular weight excluding hydrogens is 246 g/mol. The molecule has 0 aliphatic carbocycles. The van der Waals surface area contributed by atoms with E-state index in [-0.39, 0.29) is 12.5 Å². The zero-order valence-corrected chi connectivity index (χ0v) is 11.9. The van der Waals surface area contributed by atoms with E-state index < -0.39 is 0 Å². The van der Waals surface area contributed by atoms with Crippen LogP contribution in [0.2, 0.25) is 0 Å². The average molecular weight is 267 g/mol. The van der Waals surface area contributed by atoms with Crippen molar-refractivity contribution in [2.75, 3.05) is 20.3 Å². The minimum atomic E-state index is -0.330. The highest BCUT2D eigenvalue weighted by molar-refractivity contribution is 5.76. The monoisotopic (exact) mass is 267 g/mol. The molecule has 106 valence electrons. The molecule has 0 bridgehead atoms. The minimum Gasteiger partial charge on any atom is -0.493 e. The third-order valence-corrected chi connectivity index (χ3v) is 2.28. The molecular formula is C14H21NO4. The van der Waals surface area contributed by atoms with Crippen molar-refractivity contribution in [1.82, 2.24) is 5.48 Å². The van der Waals surface area contributed by atoms with Crippen LogP contribution in [0.25, 0.3) is 0 Å². The summed E-state index contributed by atoms with van der Waals surface area (Å²) in [4.78, 5) is 16.5. The van der Waals surface area contributed by atoms with Crippen LogP contribution in [0, 0.1) is 12.8 Å². The summed E-state index contributed by atoms with van der Waals surface area (Å²) >= 11 is 0. The van der Waals surface area contributed by atoms with E-state index >= 15 is 0 Å². The summed E-state index contributed by atoms with van der Waals surface area (Å²) in [6.45, 7) is 6.31. The van der Waals surface area contributed by atoms with E-state index in [1.807, 2.05) is 32.9 Å². The fraction of sp³-hybridized carbons (Fsp3) is 0.500. The van der Waals surface area contributed by atoms with Crippen molar-refractivity contribution in [3.05, 3.63) is 23.8 Å². The maximum absolute atomic E-state index is 11.5. The van der Waals surface area contributed by atoms with Gasteiger partial charge in [-0.1, -0.05) is 19.9 Å². The number of methoxy groups -OCH3 is 1. The number of ether oxygens (including phenoxy) is 2. The van der Waals surface area contributed by atoms with Gasteiger partial charge in [0.15, 0.2) is 18.1 Å². The van der Waals surface area contributed by atoms with Gasteiger partial charge in [-0.3, -0.25) is 9.63 Å². The van der Waals surface area contributed by atoms with Crippen LogP contribution in [0.5, 0.6) is 11.5 Å². The molecule has 0 unspecified atom stereocenters. The van der Waals surface area contributed by atoms with Gasteiger partial charge in [-0.15, -0.1) is 0 Å². The Hall–Kier alpha value is -1.75. The van der Waals surface area contributed by atoms with Crippen molar-refractivity contribution in [1.29, 1.82) is 0 Å². The molecule has 0 fully saturated rings. The third-order valence-electron chi connectivity index (χ3n) is 2.28. The summed E-state index contributed by atoms with van der Waals surface area (Å²) in [5.41, 5.74) is 3.39. The van der Waals surface area contributed by atoms with Gasteiger partial charge in [0, 0.05) is 0 Å². The largest absolute Gasteiger partial charge is 0.493 e. The first-order valence-corrected chi connectivity index (χ1v) is 6.21. The van der Waals surface area contributed by atoms with Crippen LogP contribution in [0.4, 0.5) is 0 Å². The molecule has 0 aromatic heterocycles. The van der Waals surface area contributed by atoms with Gasteiger partial charge in [0.2, 0.25) is 0 Å². The number of carbonyl (C=O) groups is 1. The Morgan fingerprint density at radius 1 is 1.32 bits per heavy atom. The van der Waals surface area contributed by atoms with Crippen LogP contribution in [-0.4, -0.2) is 26.2 Å². The van der Waals surface area contributed by atoms with Crippen LogP contribution in [0.3, 0.4) is 0 Å². The summed E-state index contributed by atoms with van der Waals surface area (Å²) in [7, 11) is 1.56. The van der Waals surface area contributed by atoms with Gasteiger partial charge in [0.05, 0.1) is 13.7 Å². The van der Waals surface area contributed by atoms with Gasteiger partial charge in [-0.25, -0.2) is 5.48 Å². The van der Waals surface area contributed by atoms with Crippen molar-refractivity contribution in [3.63, 3.8) is 0 Å². The Bertz CT molecular complexity index is 418. The van der Waals surface area contributed by atoms with Gasteiger partial charge in [-0.05, 0) is 30.5 Å². The molecule has 0 saturated heterocycles. The SMILES string of the molecule is COc1cc(C)ccc1OCC(=O)NOCC(C)C. The number of benzene rings is 1. The lowest BCUT2D eigenvalue weighted by Gasteiger charge is -2.11. The normalized spacial score (nSPS) is 10.4. The lowest BCUT2D eigenvalue weighted by atomic mass is 10.2. The predicted molar refractivity (Wildman–Crippen MR) is 72.2 cm³/mol. The lowest BCUT2D eigenvalue weighted by Crippen LogP contribution is -2.30. The van der Waals surface area contributed by atoms with Gasteiger partial charge >= 0.3 is 0 Å². The molecule has 0 atom stereocenters. The predicted octanol–water partition coefficient (Wildman–Crippen LogP) is 2.09. The molecule has 0 aliphatic rings. The van der Waals surface area contributed by atoms with Crippen molar-refractivity contribution in [2.45, 2.75) is 20.8 Å². The number of aryl methyl sites for hydroxylation is 1. The van der Waals surface area contributed by atoms with Crippen LogP contribution in [-0.2, 0) is 9.63 Å². The minimum absolute atomic E-state index is 0.114. The molecule has 1 aromatic carbocycles. The number of amides is 1. The second kappa shape index (κ2) is 7.63. The molecule has 0 radical (unpaired) electrons. The Labute approximate surface area is 113 Å². The van der Waals surface area contributed by atoms with Gasteiger partial charge in [0.25, 0.3) is 5.91 Å². The van der Waals surface area contributed by atoms with Crippen molar-refractivity contribution < 1.29 is 19.1 Å². The molecule has 1 rings (SSSR count). The van der Waals surface area contributed by atoms with Crippen molar-refractivity contribution in [3.8, 4) is 11.5 Å².